The predicted molar refractivity (Wildman–Crippen MR) is 112 cm³/mol. The Bertz CT molecular complexity index is 1020. The summed E-state index contributed by atoms with van der Waals surface area (Å²) in [7, 11) is 0. The van der Waals surface area contributed by atoms with Crippen LogP contribution >= 0.6 is 11.3 Å². The van der Waals surface area contributed by atoms with Gasteiger partial charge in [-0.15, -0.1) is 11.3 Å². The molecule has 0 spiro atoms. The quantitative estimate of drug-likeness (QED) is 0.683. The molecular formula is C21H23N5S. The van der Waals surface area contributed by atoms with E-state index in [2.05, 4.69) is 23.2 Å². The summed E-state index contributed by atoms with van der Waals surface area (Å²) in [5.74, 6) is 2.37. The summed E-state index contributed by atoms with van der Waals surface area (Å²) in [4.78, 5) is 13.3. The highest BCUT2D eigenvalue weighted by Gasteiger charge is 2.22. The van der Waals surface area contributed by atoms with Gasteiger partial charge in [0.05, 0.1) is 16.6 Å². The number of nitrogens with one attached hydrogen (secondary N) is 1. The Hall–Kier alpha value is -2.65. The van der Waals surface area contributed by atoms with Crippen LogP contribution < -0.4 is 10.2 Å². The van der Waals surface area contributed by atoms with Crippen molar-refractivity contribution in [3.63, 3.8) is 0 Å². The molecule has 0 amide bonds. The minimum Gasteiger partial charge on any atom is -0.354 e. The van der Waals surface area contributed by atoms with Gasteiger partial charge in [-0.1, -0.05) is 19.1 Å². The molecule has 27 heavy (non-hydrogen) atoms. The summed E-state index contributed by atoms with van der Waals surface area (Å²) in [6, 6.07) is 10.3. The van der Waals surface area contributed by atoms with Gasteiger partial charge in [0, 0.05) is 18.0 Å². The molecule has 1 aliphatic heterocycles. The number of rotatable bonds is 3. The van der Waals surface area contributed by atoms with Crippen molar-refractivity contribution in [1.82, 2.24) is 9.97 Å². The Morgan fingerprint density at radius 3 is 2.48 bits per heavy atom. The number of piperidine rings is 1. The zero-order valence-electron chi connectivity index (χ0n) is 15.9. The lowest BCUT2D eigenvalue weighted by molar-refractivity contribution is 0.437. The van der Waals surface area contributed by atoms with E-state index in [1.807, 2.05) is 38.1 Å². The third-order valence-electron chi connectivity index (χ3n) is 5.36. The molecule has 3 aromatic rings. The predicted octanol–water partition coefficient (Wildman–Crippen LogP) is 5.16. The van der Waals surface area contributed by atoms with Crippen molar-refractivity contribution in [2.24, 2.45) is 5.92 Å². The van der Waals surface area contributed by atoms with E-state index >= 15 is 0 Å². The van der Waals surface area contributed by atoms with E-state index in [4.69, 9.17) is 9.97 Å². The normalized spacial score (nSPS) is 15.1. The molecule has 0 radical (unpaired) electrons. The van der Waals surface area contributed by atoms with E-state index < -0.39 is 0 Å². The highest BCUT2D eigenvalue weighted by atomic mass is 32.1. The van der Waals surface area contributed by atoms with Crippen molar-refractivity contribution in [1.29, 1.82) is 5.26 Å². The molecule has 1 fully saturated rings. The van der Waals surface area contributed by atoms with Crippen molar-refractivity contribution in [2.45, 2.75) is 33.6 Å². The second kappa shape index (κ2) is 7.16. The van der Waals surface area contributed by atoms with Crippen LogP contribution in [0.1, 0.15) is 35.8 Å². The Kier molecular flexibility index (Phi) is 4.71. The van der Waals surface area contributed by atoms with Crippen molar-refractivity contribution < 1.29 is 0 Å². The summed E-state index contributed by atoms with van der Waals surface area (Å²) in [5, 5.41) is 13.9. The number of benzene rings is 1. The maximum absolute atomic E-state index is 9.58. The summed E-state index contributed by atoms with van der Waals surface area (Å²) in [6.07, 6.45) is 2.32. The molecule has 0 atom stereocenters. The number of thiophene rings is 1. The van der Waals surface area contributed by atoms with Crippen LogP contribution in [0.2, 0.25) is 0 Å². The minimum atomic E-state index is 0.700. The molecule has 4 rings (SSSR count). The first-order valence-electron chi connectivity index (χ1n) is 9.35. The molecule has 2 aromatic heterocycles. The first-order chi connectivity index (χ1) is 13.1. The molecule has 1 saturated heterocycles. The van der Waals surface area contributed by atoms with Gasteiger partial charge in [0.2, 0.25) is 0 Å². The second-order valence-electron chi connectivity index (χ2n) is 7.28. The lowest BCUT2D eigenvalue weighted by Crippen LogP contribution is -2.34. The fraction of sp³-hybridized carbons (Fsp3) is 0.381. The van der Waals surface area contributed by atoms with Crippen LogP contribution in [0.5, 0.6) is 0 Å². The number of anilines is 3. The van der Waals surface area contributed by atoms with Crippen LogP contribution in [0.3, 0.4) is 0 Å². The van der Waals surface area contributed by atoms with Crippen LogP contribution in [-0.2, 0) is 0 Å². The highest BCUT2D eigenvalue weighted by molar-refractivity contribution is 7.16. The number of aryl methyl sites for hydroxylation is 1. The van der Waals surface area contributed by atoms with Gasteiger partial charge in [-0.3, -0.25) is 0 Å². The molecule has 1 aliphatic rings. The summed E-state index contributed by atoms with van der Waals surface area (Å²) in [6.45, 7) is 8.31. The maximum Gasteiger partial charge on any atom is 0.175 e. The molecule has 6 heteroatoms. The van der Waals surface area contributed by atoms with Crippen molar-refractivity contribution in [2.75, 3.05) is 23.3 Å². The second-order valence-corrected chi connectivity index (χ2v) is 8.50. The minimum absolute atomic E-state index is 0.700. The molecule has 0 aliphatic carbocycles. The number of para-hydroxylation sites is 2. The van der Waals surface area contributed by atoms with Crippen LogP contribution in [0.15, 0.2) is 24.3 Å². The lowest BCUT2D eigenvalue weighted by atomic mass is 9.99. The van der Waals surface area contributed by atoms with Crippen molar-refractivity contribution in [3.05, 3.63) is 40.3 Å². The number of nitriles is 1. The highest BCUT2D eigenvalue weighted by Crippen LogP contribution is 2.37. The van der Waals surface area contributed by atoms with E-state index in [9.17, 15) is 5.26 Å². The van der Waals surface area contributed by atoms with Crippen molar-refractivity contribution in [3.8, 4) is 6.07 Å². The first kappa shape index (κ1) is 17.7. The largest absolute Gasteiger partial charge is 0.354 e. The third-order valence-corrected chi connectivity index (χ3v) is 6.49. The molecule has 138 valence electrons. The van der Waals surface area contributed by atoms with E-state index in [1.165, 1.54) is 0 Å². The number of fused-ring (bicyclic) bond motifs is 1. The molecule has 0 bridgehead atoms. The van der Waals surface area contributed by atoms with Gasteiger partial charge < -0.3 is 10.2 Å². The van der Waals surface area contributed by atoms with Crippen molar-refractivity contribution >= 4 is 39.0 Å². The SMILES string of the molecule is Cc1sc(Nc2nc3ccccc3nc2N2CCC(C)CC2)c(C#N)c1C. The Labute approximate surface area is 163 Å². The summed E-state index contributed by atoms with van der Waals surface area (Å²) < 4.78 is 0. The average molecular weight is 378 g/mol. The van der Waals surface area contributed by atoms with E-state index in [0.29, 0.717) is 5.56 Å². The molecule has 1 N–H and O–H groups in total. The van der Waals surface area contributed by atoms with Gasteiger partial charge >= 0.3 is 0 Å². The Morgan fingerprint density at radius 2 is 1.81 bits per heavy atom. The van der Waals surface area contributed by atoms with Gasteiger partial charge in [-0.2, -0.15) is 5.26 Å². The number of hydrogen-bond donors (Lipinski definition) is 1. The number of nitrogens with zero attached hydrogens (tertiary/aromatic N) is 4. The van der Waals surface area contributed by atoms with Crippen LogP contribution in [0, 0.1) is 31.1 Å². The van der Waals surface area contributed by atoms with Gasteiger partial charge in [0.15, 0.2) is 11.6 Å². The van der Waals surface area contributed by atoms with Crippen LogP contribution in [0.4, 0.5) is 16.6 Å². The van der Waals surface area contributed by atoms with Gasteiger partial charge in [0.1, 0.15) is 11.1 Å². The van der Waals surface area contributed by atoms with Gasteiger partial charge in [-0.05, 0) is 50.3 Å². The Morgan fingerprint density at radius 1 is 1.15 bits per heavy atom. The monoisotopic (exact) mass is 377 g/mol. The smallest absolute Gasteiger partial charge is 0.175 e. The fourth-order valence-corrected chi connectivity index (χ4v) is 4.48. The van der Waals surface area contributed by atoms with E-state index in [1.54, 1.807) is 11.3 Å². The standard InChI is InChI=1S/C21H23N5S/c1-13-8-10-26(11-9-13)20-19(23-17-6-4-5-7-18(17)24-20)25-21-16(12-22)14(2)15(3)27-21/h4-7,13H,8-11H2,1-3H3,(H,23,25). The lowest BCUT2D eigenvalue weighted by Gasteiger charge is -2.32. The molecule has 3 heterocycles. The zero-order valence-corrected chi connectivity index (χ0v) is 16.7. The number of hydrogen-bond acceptors (Lipinski definition) is 6. The van der Waals surface area contributed by atoms with E-state index in [-0.39, 0.29) is 0 Å². The summed E-state index contributed by atoms with van der Waals surface area (Å²) >= 11 is 1.60. The first-order valence-corrected chi connectivity index (χ1v) is 10.2. The summed E-state index contributed by atoms with van der Waals surface area (Å²) in [5.41, 5.74) is 3.49. The molecule has 0 unspecified atom stereocenters. The molecule has 1 aromatic carbocycles. The van der Waals surface area contributed by atoms with E-state index in [0.717, 1.165) is 70.0 Å². The molecular weight excluding hydrogens is 354 g/mol. The average Bonchev–Trinajstić information content (AvgIpc) is 2.95. The van der Waals surface area contributed by atoms with Gasteiger partial charge in [0.25, 0.3) is 0 Å². The topological polar surface area (TPSA) is 64.8 Å². The Balaban J connectivity index is 1.80. The zero-order chi connectivity index (χ0) is 19.0. The fourth-order valence-electron chi connectivity index (χ4n) is 3.47. The third kappa shape index (κ3) is 3.35. The molecule has 5 nitrogen and oxygen atoms in total. The van der Waals surface area contributed by atoms with Gasteiger partial charge in [-0.25, -0.2) is 9.97 Å². The maximum atomic E-state index is 9.58. The molecule has 0 saturated carbocycles. The number of aromatic nitrogens is 2. The van der Waals surface area contributed by atoms with Crippen LogP contribution in [-0.4, -0.2) is 23.1 Å². The van der Waals surface area contributed by atoms with Crippen LogP contribution in [0.25, 0.3) is 11.0 Å².